The highest BCUT2D eigenvalue weighted by Gasteiger charge is 2.09. The number of hydrogen-bond donors (Lipinski definition) is 1. The van der Waals surface area contributed by atoms with Crippen LogP contribution in [0.5, 0.6) is 5.75 Å². The van der Waals surface area contributed by atoms with Gasteiger partial charge in [0.1, 0.15) is 11.6 Å². The lowest BCUT2D eigenvalue weighted by Gasteiger charge is -2.09. The summed E-state index contributed by atoms with van der Waals surface area (Å²) in [7, 11) is 0. The number of hydrogen-bond acceptors (Lipinski definition) is 4. The minimum Gasteiger partial charge on any atom is -0.484 e. The Labute approximate surface area is 138 Å². The standard InChI is InChI=1S/C17H17N3O2S/c1-13-4-6-14(7-5-13)22-12-17(21)19-16-8-9-18-20(16)11-15-3-2-10-23-15/h2-10H,11-12H2,1H3,(H,19,21). The van der Waals surface area contributed by atoms with E-state index < -0.39 is 0 Å². The van der Waals surface area contributed by atoms with Crippen LogP contribution in [0, 0.1) is 6.92 Å². The van der Waals surface area contributed by atoms with Crippen molar-refractivity contribution in [1.29, 1.82) is 0 Å². The van der Waals surface area contributed by atoms with Crippen LogP contribution < -0.4 is 10.1 Å². The predicted molar refractivity (Wildman–Crippen MR) is 91.0 cm³/mol. The Kier molecular flexibility index (Phi) is 4.73. The van der Waals surface area contributed by atoms with Gasteiger partial charge in [0, 0.05) is 10.9 Å². The number of aromatic nitrogens is 2. The Hall–Kier alpha value is -2.60. The second-order valence-corrected chi connectivity index (χ2v) is 6.14. The SMILES string of the molecule is Cc1ccc(OCC(=O)Nc2ccnn2Cc2cccs2)cc1. The van der Waals surface area contributed by atoms with Crippen molar-refractivity contribution in [2.24, 2.45) is 0 Å². The molecule has 1 N–H and O–H groups in total. The molecule has 0 bridgehead atoms. The molecule has 0 atom stereocenters. The minimum absolute atomic E-state index is 0.0345. The Morgan fingerprint density at radius 2 is 2.09 bits per heavy atom. The zero-order valence-corrected chi connectivity index (χ0v) is 13.5. The fourth-order valence-corrected chi connectivity index (χ4v) is 2.76. The lowest BCUT2D eigenvalue weighted by atomic mass is 10.2. The molecule has 3 aromatic rings. The van der Waals surface area contributed by atoms with Crippen LogP contribution in [0.15, 0.2) is 54.0 Å². The van der Waals surface area contributed by atoms with Crippen molar-refractivity contribution >= 4 is 23.1 Å². The van der Waals surface area contributed by atoms with Gasteiger partial charge in [-0.15, -0.1) is 11.3 Å². The summed E-state index contributed by atoms with van der Waals surface area (Å²) in [4.78, 5) is 13.2. The molecule has 6 heteroatoms. The van der Waals surface area contributed by atoms with Gasteiger partial charge in [0.15, 0.2) is 6.61 Å². The molecule has 0 saturated heterocycles. The first-order chi connectivity index (χ1) is 11.2. The molecule has 3 rings (SSSR count). The Morgan fingerprint density at radius 1 is 1.26 bits per heavy atom. The zero-order valence-electron chi connectivity index (χ0n) is 12.7. The summed E-state index contributed by atoms with van der Waals surface area (Å²) in [6.07, 6.45) is 1.67. The predicted octanol–water partition coefficient (Wildman–Crippen LogP) is 3.32. The molecule has 0 saturated carbocycles. The first-order valence-electron chi connectivity index (χ1n) is 7.24. The summed E-state index contributed by atoms with van der Waals surface area (Å²) >= 11 is 1.66. The number of ether oxygens (including phenoxy) is 1. The van der Waals surface area contributed by atoms with Gasteiger partial charge in [-0.1, -0.05) is 23.8 Å². The molecule has 0 unspecified atom stereocenters. The van der Waals surface area contributed by atoms with Crippen molar-refractivity contribution in [2.45, 2.75) is 13.5 Å². The lowest BCUT2D eigenvalue weighted by molar-refractivity contribution is -0.118. The fourth-order valence-electron chi connectivity index (χ4n) is 2.08. The number of carbonyl (C=O) groups is 1. The van der Waals surface area contributed by atoms with Crippen molar-refractivity contribution in [1.82, 2.24) is 9.78 Å². The van der Waals surface area contributed by atoms with E-state index in [1.807, 2.05) is 48.7 Å². The highest BCUT2D eigenvalue weighted by molar-refractivity contribution is 7.09. The van der Waals surface area contributed by atoms with Crippen LogP contribution in [-0.4, -0.2) is 22.3 Å². The number of benzene rings is 1. The fraction of sp³-hybridized carbons (Fsp3) is 0.176. The van der Waals surface area contributed by atoms with Crippen molar-refractivity contribution < 1.29 is 9.53 Å². The van der Waals surface area contributed by atoms with E-state index in [0.717, 1.165) is 5.56 Å². The van der Waals surface area contributed by atoms with Crippen molar-refractivity contribution in [3.8, 4) is 5.75 Å². The number of nitrogens with zero attached hydrogens (tertiary/aromatic N) is 2. The molecule has 2 aromatic heterocycles. The molecule has 2 heterocycles. The van der Waals surface area contributed by atoms with Crippen LogP contribution in [0.3, 0.4) is 0 Å². The van der Waals surface area contributed by atoms with Crippen LogP contribution >= 0.6 is 11.3 Å². The number of carbonyl (C=O) groups excluding carboxylic acids is 1. The second-order valence-electron chi connectivity index (χ2n) is 5.10. The van der Waals surface area contributed by atoms with E-state index >= 15 is 0 Å². The molecule has 0 fully saturated rings. The van der Waals surface area contributed by atoms with Crippen LogP contribution in [0.2, 0.25) is 0 Å². The summed E-state index contributed by atoms with van der Waals surface area (Å²) in [5, 5.41) is 9.09. The van der Waals surface area contributed by atoms with E-state index in [9.17, 15) is 4.79 Å². The average molecular weight is 327 g/mol. The minimum atomic E-state index is -0.210. The van der Waals surface area contributed by atoms with E-state index in [0.29, 0.717) is 18.1 Å². The second kappa shape index (κ2) is 7.11. The number of rotatable bonds is 6. The lowest BCUT2D eigenvalue weighted by Crippen LogP contribution is -2.22. The quantitative estimate of drug-likeness (QED) is 0.755. The molecule has 0 aliphatic carbocycles. The summed E-state index contributed by atoms with van der Waals surface area (Å²) < 4.78 is 7.24. The number of aryl methyl sites for hydroxylation is 1. The van der Waals surface area contributed by atoms with Crippen LogP contribution in [0.1, 0.15) is 10.4 Å². The molecular formula is C17H17N3O2S. The molecule has 118 valence electrons. The Bertz CT molecular complexity index is 764. The number of anilines is 1. The Balaban J connectivity index is 1.56. The maximum atomic E-state index is 12.0. The molecule has 1 aromatic carbocycles. The smallest absolute Gasteiger partial charge is 0.263 e. The van der Waals surface area contributed by atoms with E-state index in [1.165, 1.54) is 4.88 Å². The van der Waals surface area contributed by atoms with Gasteiger partial charge in [-0.05, 0) is 30.5 Å². The molecule has 23 heavy (non-hydrogen) atoms. The molecule has 5 nitrogen and oxygen atoms in total. The van der Waals surface area contributed by atoms with Gasteiger partial charge in [0.05, 0.1) is 12.7 Å². The van der Waals surface area contributed by atoms with Crippen LogP contribution in [0.4, 0.5) is 5.82 Å². The Morgan fingerprint density at radius 3 is 2.83 bits per heavy atom. The highest BCUT2D eigenvalue weighted by Crippen LogP contribution is 2.15. The monoisotopic (exact) mass is 327 g/mol. The van der Waals surface area contributed by atoms with Crippen molar-refractivity contribution in [2.75, 3.05) is 11.9 Å². The first-order valence-corrected chi connectivity index (χ1v) is 8.12. The molecule has 0 aliphatic rings. The first kappa shape index (κ1) is 15.3. The van der Waals surface area contributed by atoms with Crippen LogP contribution in [-0.2, 0) is 11.3 Å². The van der Waals surface area contributed by atoms with E-state index in [4.69, 9.17) is 4.74 Å². The number of thiophene rings is 1. The molecule has 0 spiro atoms. The number of nitrogens with one attached hydrogen (secondary N) is 1. The summed E-state index contributed by atoms with van der Waals surface area (Å²) in [5.74, 6) is 1.13. The van der Waals surface area contributed by atoms with Gasteiger partial charge in [-0.3, -0.25) is 4.79 Å². The van der Waals surface area contributed by atoms with Gasteiger partial charge in [-0.25, -0.2) is 4.68 Å². The van der Waals surface area contributed by atoms with Crippen molar-refractivity contribution in [3.63, 3.8) is 0 Å². The van der Waals surface area contributed by atoms with Gasteiger partial charge < -0.3 is 10.1 Å². The van der Waals surface area contributed by atoms with Crippen molar-refractivity contribution in [3.05, 3.63) is 64.5 Å². The third-order valence-electron chi connectivity index (χ3n) is 3.26. The maximum absolute atomic E-state index is 12.0. The summed E-state index contributed by atoms with van der Waals surface area (Å²) in [5.41, 5.74) is 1.15. The van der Waals surface area contributed by atoms with Gasteiger partial charge in [-0.2, -0.15) is 5.10 Å². The van der Waals surface area contributed by atoms with E-state index in [1.54, 1.807) is 28.3 Å². The largest absolute Gasteiger partial charge is 0.484 e. The third-order valence-corrected chi connectivity index (χ3v) is 4.12. The van der Waals surface area contributed by atoms with Gasteiger partial charge in [0.25, 0.3) is 5.91 Å². The summed E-state index contributed by atoms with van der Waals surface area (Å²) in [6, 6.07) is 13.4. The average Bonchev–Trinajstić information content (AvgIpc) is 3.20. The summed E-state index contributed by atoms with van der Waals surface area (Å²) in [6.45, 7) is 2.61. The van der Waals surface area contributed by atoms with E-state index in [-0.39, 0.29) is 12.5 Å². The number of amides is 1. The third kappa shape index (κ3) is 4.20. The highest BCUT2D eigenvalue weighted by atomic mass is 32.1. The molecule has 0 aliphatic heterocycles. The molecular weight excluding hydrogens is 310 g/mol. The molecule has 0 radical (unpaired) electrons. The zero-order chi connectivity index (χ0) is 16.1. The molecule has 1 amide bonds. The van der Waals surface area contributed by atoms with Gasteiger partial charge in [0.2, 0.25) is 0 Å². The maximum Gasteiger partial charge on any atom is 0.263 e. The topological polar surface area (TPSA) is 56.1 Å². The van der Waals surface area contributed by atoms with E-state index in [2.05, 4.69) is 10.4 Å². The normalized spacial score (nSPS) is 10.5. The van der Waals surface area contributed by atoms with Gasteiger partial charge >= 0.3 is 0 Å². The van der Waals surface area contributed by atoms with Crippen LogP contribution in [0.25, 0.3) is 0 Å².